The van der Waals surface area contributed by atoms with Crippen LogP contribution in [0.5, 0.6) is 0 Å². The summed E-state index contributed by atoms with van der Waals surface area (Å²) < 4.78 is 1.27. The van der Waals surface area contributed by atoms with E-state index >= 15 is 0 Å². The van der Waals surface area contributed by atoms with Crippen LogP contribution in [0.3, 0.4) is 0 Å². The first-order chi connectivity index (χ1) is 4.77. The maximum Gasteiger partial charge on any atom is -0.0120 e. The van der Waals surface area contributed by atoms with Gasteiger partial charge in [0.1, 0.15) is 0 Å². The van der Waals surface area contributed by atoms with E-state index in [1.165, 1.54) is 36.6 Å². The Morgan fingerprint density at radius 2 is 2.00 bits per heavy atom. The van der Waals surface area contributed by atoms with Crippen LogP contribution in [-0.4, -0.2) is 0 Å². The average molecular weight is 205 g/mol. The molecule has 0 aliphatic rings. The summed E-state index contributed by atoms with van der Waals surface area (Å²) in [5, 5.41) is 0. The van der Waals surface area contributed by atoms with Gasteiger partial charge in [0.15, 0.2) is 0 Å². The highest BCUT2D eigenvalue weighted by Gasteiger charge is 1.84. The fraction of sp³-hybridized carbons (Fsp3) is 0.778. The average Bonchev–Trinajstić information content (AvgIpc) is 1.87. The Labute approximate surface area is 72.8 Å². The molecule has 0 heterocycles. The standard InChI is InChI=1S/C9H17Br/c1-3-4-5-6-7-8-9(2)10/h8H,3-7H2,1-2H3. The maximum atomic E-state index is 3.40. The van der Waals surface area contributed by atoms with E-state index in [1.807, 2.05) is 0 Å². The van der Waals surface area contributed by atoms with Gasteiger partial charge in [0.2, 0.25) is 0 Å². The van der Waals surface area contributed by atoms with Crippen LogP contribution in [0, 0.1) is 0 Å². The Morgan fingerprint density at radius 3 is 2.50 bits per heavy atom. The Balaban J connectivity index is 2.98. The molecule has 0 rings (SSSR count). The van der Waals surface area contributed by atoms with E-state index in [2.05, 4.69) is 35.9 Å². The summed E-state index contributed by atoms with van der Waals surface area (Å²) >= 11 is 3.40. The van der Waals surface area contributed by atoms with Crippen molar-refractivity contribution in [1.29, 1.82) is 0 Å². The molecule has 0 radical (unpaired) electrons. The summed E-state index contributed by atoms with van der Waals surface area (Å²) in [4.78, 5) is 0. The van der Waals surface area contributed by atoms with E-state index in [1.54, 1.807) is 0 Å². The highest BCUT2D eigenvalue weighted by molar-refractivity contribution is 9.11. The molecule has 0 N–H and O–H groups in total. The largest absolute Gasteiger partial charge is 0.0747 e. The van der Waals surface area contributed by atoms with Crippen molar-refractivity contribution in [3.8, 4) is 0 Å². The Hall–Kier alpha value is 0.220. The summed E-state index contributed by atoms with van der Waals surface area (Å²) in [7, 11) is 0. The first kappa shape index (κ1) is 10.2. The molecule has 0 aromatic rings. The molecule has 0 unspecified atom stereocenters. The first-order valence-electron chi connectivity index (χ1n) is 4.09. The number of allylic oxidation sites excluding steroid dienone is 2. The van der Waals surface area contributed by atoms with Crippen molar-refractivity contribution < 1.29 is 0 Å². The quantitative estimate of drug-likeness (QED) is 0.588. The van der Waals surface area contributed by atoms with E-state index in [4.69, 9.17) is 0 Å². The fourth-order valence-corrected chi connectivity index (χ4v) is 1.10. The summed E-state index contributed by atoms with van der Waals surface area (Å²) in [6.45, 7) is 4.32. The van der Waals surface area contributed by atoms with Crippen LogP contribution >= 0.6 is 15.9 Å². The second-order valence-corrected chi connectivity index (χ2v) is 3.89. The van der Waals surface area contributed by atoms with Crippen LogP contribution < -0.4 is 0 Å². The van der Waals surface area contributed by atoms with Gasteiger partial charge in [-0.3, -0.25) is 0 Å². The van der Waals surface area contributed by atoms with Gasteiger partial charge >= 0.3 is 0 Å². The lowest BCUT2D eigenvalue weighted by molar-refractivity contribution is 0.674. The van der Waals surface area contributed by atoms with Crippen LogP contribution in [0.25, 0.3) is 0 Å². The van der Waals surface area contributed by atoms with Gasteiger partial charge in [-0.25, -0.2) is 0 Å². The fourth-order valence-electron chi connectivity index (χ4n) is 0.872. The maximum absolute atomic E-state index is 3.40. The SMILES string of the molecule is CCCCCCC=C(C)Br. The molecule has 0 spiro atoms. The minimum absolute atomic E-state index is 1.23. The Kier molecular flexibility index (Phi) is 7.49. The van der Waals surface area contributed by atoms with Gasteiger partial charge in [-0.2, -0.15) is 0 Å². The highest BCUT2D eigenvalue weighted by Crippen LogP contribution is 2.08. The normalized spacial score (nSPS) is 12.1. The molecule has 0 fully saturated rings. The lowest BCUT2D eigenvalue weighted by Crippen LogP contribution is -1.73. The van der Waals surface area contributed by atoms with E-state index in [9.17, 15) is 0 Å². The van der Waals surface area contributed by atoms with Crippen molar-refractivity contribution in [2.75, 3.05) is 0 Å². The molecule has 0 aromatic heterocycles. The van der Waals surface area contributed by atoms with E-state index in [0.717, 1.165) is 0 Å². The molecule has 0 amide bonds. The number of hydrogen-bond donors (Lipinski definition) is 0. The Bertz CT molecular complexity index is 90.9. The summed E-state index contributed by atoms with van der Waals surface area (Å²) in [5.41, 5.74) is 0. The molecule has 0 aromatic carbocycles. The molecule has 1 heteroatoms. The molecule has 60 valence electrons. The number of halogens is 1. The van der Waals surface area contributed by atoms with Crippen LogP contribution in [-0.2, 0) is 0 Å². The van der Waals surface area contributed by atoms with E-state index in [-0.39, 0.29) is 0 Å². The van der Waals surface area contributed by atoms with E-state index < -0.39 is 0 Å². The van der Waals surface area contributed by atoms with Gasteiger partial charge < -0.3 is 0 Å². The minimum Gasteiger partial charge on any atom is -0.0747 e. The third-order valence-corrected chi connectivity index (χ3v) is 1.81. The number of unbranched alkanes of at least 4 members (excludes halogenated alkanes) is 4. The first-order valence-corrected chi connectivity index (χ1v) is 4.89. The molecular weight excluding hydrogens is 188 g/mol. The van der Waals surface area contributed by atoms with Crippen LogP contribution in [0.2, 0.25) is 0 Å². The van der Waals surface area contributed by atoms with Crippen LogP contribution in [0.1, 0.15) is 46.0 Å². The third-order valence-electron chi connectivity index (χ3n) is 1.48. The number of rotatable bonds is 5. The molecule has 0 saturated heterocycles. The third kappa shape index (κ3) is 8.22. The molecule has 0 atom stereocenters. The highest BCUT2D eigenvalue weighted by atomic mass is 79.9. The van der Waals surface area contributed by atoms with Crippen LogP contribution in [0.15, 0.2) is 10.6 Å². The molecular formula is C9H17Br. The van der Waals surface area contributed by atoms with E-state index in [0.29, 0.717) is 0 Å². The number of hydrogen-bond acceptors (Lipinski definition) is 0. The lowest BCUT2D eigenvalue weighted by atomic mass is 10.1. The van der Waals surface area contributed by atoms with Gasteiger partial charge in [0.05, 0.1) is 0 Å². The van der Waals surface area contributed by atoms with Crippen molar-refractivity contribution in [1.82, 2.24) is 0 Å². The van der Waals surface area contributed by atoms with Crippen molar-refractivity contribution in [3.05, 3.63) is 10.6 Å². The summed E-state index contributed by atoms with van der Waals surface area (Å²) in [6, 6.07) is 0. The van der Waals surface area contributed by atoms with Crippen molar-refractivity contribution in [2.45, 2.75) is 46.0 Å². The van der Waals surface area contributed by atoms with Gasteiger partial charge in [-0.05, 0) is 24.2 Å². The molecule has 0 aliphatic heterocycles. The summed E-state index contributed by atoms with van der Waals surface area (Å²) in [5.74, 6) is 0. The predicted molar refractivity (Wildman–Crippen MR) is 51.4 cm³/mol. The second-order valence-electron chi connectivity index (χ2n) is 2.64. The minimum atomic E-state index is 1.23. The van der Waals surface area contributed by atoms with Crippen molar-refractivity contribution >= 4 is 15.9 Å². The monoisotopic (exact) mass is 204 g/mol. The van der Waals surface area contributed by atoms with Gasteiger partial charge in [-0.15, -0.1) is 0 Å². The Morgan fingerprint density at radius 1 is 1.30 bits per heavy atom. The van der Waals surface area contributed by atoms with Crippen molar-refractivity contribution in [2.24, 2.45) is 0 Å². The zero-order valence-electron chi connectivity index (χ0n) is 6.99. The van der Waals surface area contributed by atoms with Crippen LogP contribution in [0.4, 0.5) is 0 Å². The second kappa shape index (κ2) is 7.33. The molecule has 0 nitrogen and oxygen atoms in total. The predicted octanol–water partition coefficient (Wildman–Crippen LogP) is 4.26. The molecule has 0 saturated carbocycles. The molecule has 10 heavy (non-hydrogen) atoms. The van der Waals surface area contributed by atoms with Gasteiger partial charge in [-0.1, -0.05) is 48.2 Å². The van der Waals surface area contributed by atoms with Gasteiger partial charge in [0.25, 0.3) is 0 Å². The summed E-state index contributed by atoms with van der Waals surface area (Å²) in [6.07, 6.45) is 8.92. The zero-order chi connectivity index (χ0) is 7.82. The smallest absolute Gasteiger partial charge is 0.0120 e. The lowest BCUT2D eigenvalue weighted by Gasteiger charge is -1.93. The zero-order valence-corrected chi connectivity index (χ0v) is 8.58. The molecule has 0 bridgehead atoms. The topological polar surface area (TPSA) is 0 Å². The van der Waals surface area contributed by atoms with Crippen molar-refractivity contribution in [3.63, 3.8) is 0 Å². The van der Waals surface area contributed by atoms with Gasteiger partial charge in [0, 0.05) is 0 Å². The molecule has 0 aliphatic carbocycles.